The van der Waals surface area contributed by atoms with Crippen molar-refractivity contribution in [1.29, 1.82) is 0 Å². The number of carbonyl (C=O) groups is 1. The number of ether oxygens (including phenoxy) is 2. The van der Waals surface area contributed by atoms with Crippen LogP contribution in [-0.2, 0) is 9.53 Å². The number of hydrogen-bond donors (Lipinski definition) is 1. The standard InChI is InChI=1S/C10H14ClN3O3/c1-3-4-17-6-8(15)13-10-12-7(11)5-9(14-10)16-2/h5H,3-4,6H2,1-2H3,(H,12,13,14,15). The zero-order valence-electron chi connectivity index (χ0n) is 9.70. The molecule has 6 nitrogen and oxygen atoms in total. The van der Waals surface area contributed by atoms with Crippen molar-refractivity contribution >= 4 is 23.5 Å². The summed E-state index contributed by atoms with van der Waals surface area (Å²) in [5.74, 6) is 0.0528. The van der Waals surface area contributed by atoms with Crippen molar-refractivity contribution in [3.8, 4) is 5.88 Å². The Morgan fingerprint density at radius 2 is 2.29 bits per heavy atom. The van der Waals surface area contributed by atoms with E-state index >= 15 is 0 Å². The summed E-state index contributed by atoms with van der Waals surface area (Å²) >= 11 is 5.73. The number of anilines is 1. The molecule has 1 N–H and O–H groups in total. The predicted molar refractivity (Wildman–Crippen MR) is 63.3 cm³/mol. The Balaban J connectivity index is 2.55. The van der Waals surface area contributed by atoms with E-state index in [-0.39, 0.29) is 29.5 Å². The number of aromatic nitrogens is 2. The smallest absolute Gasteiger partial charge is 0.252 e. The van der Waals surface area contributed by atoms with E-state index in [0.29, 0.717) is 6.61 Å². The van der Waals surface area contributed by atoms with Crippen molar-refractivity contribution in [2.45, 2.75) is 13.3 Å². The lowest BCUT2D eigenvalue weighted by molar-refractivity contribution is -0.120. The molecule has 0 aromatic carbocycles. The number of methoxy groups -OCH3 is 1. The fourth-order valence-electron chi connectivity index (χ4n) is 1.03. The van der Waals surface area contributed by atoms with Crippen LogP contribution in [0, 0.1) is 0 Å². The van der Waals surface area contributed by atoms with Gasteiger partial charge >= 0.3 is 0 Å². The molecule has 1 aromatic rings. The number of amides is 1. The molecule has 0 saturated carbocycles. The number of rotatable bonds is 6. The van der Waals surface area contributed by atoms with Crippen LogP contribution in [0.2, 0.25) is 5.15 Å². The van der Waals surface area contributed by atoms with Gasteiger partial charge in [-0.3, -0.25) is 10.1 Å². The van der Waals surface area contributed by atoms with Gasteiger partial charge in [0.25, 0.3) is 5.91 Å². The first-order valence-corrected chi connectivity index (χ1v) is 5.49. The van der Waals surface area contributed by atoms with Gasteiger partial charge in [-0.25, -0.2) is 4.98 Å². The Morgan fingerprint density at radius 3 is 2.94 bits per heavy atom. The van der Waals surface area contributed by atoms with Crippen LogP contribution in [-0.4, -0.2) is 36.2 Å². The zero-order chi connectivity index (χ0) is 12.7. The van der Waals surface area contributed by atoms with Gasteiger partial charge in [0.15, 0.2) is 0 Å². The fourth-order valence-corrected chi connectivity index (χ4v) is 1.20. The average molecular weight is 260 g/mol. The number of hydrogen-bond acceptors (Lipinski definition) is 5. The van der Waals surface area contributed by atoms with Gasteiger partial charge < -0.3 is 9.47 Å². The van der Waals surface area contributed by atoms with Gasteiger partial charge in [0.2, 0.25) is 11.8 Å². The van der Waals surface area contributed by atoms with Gasteiger partial charge in [-0.15, -0.1) is 0 Å². The Morgan fingerprint density at radius 1 is 1.53 bits per heavy atom. The molecule has 0 saturated heterocycles. The minimum absolute atomic E-state index is 0.0357. The summed E-state index contributed by atoms with van der Waals surface area (Å²) in [6.45, 7) is 2.46. The molecule has 0 bridgehead atoms. The lowest BCUT2D eigenvalue weighted by Crippen LogP contribution is -2.20. The second kappa shape index (κ2) is 7.03. The molecule has 94 valence electrons. The Labute approximate surface area is 104 Å². The van der Waals surface area contributed by atoms with E-state index in [9.17, 15) is 4.79 Å². The zero-order valence-corrected chi connectivity index (χ0v) is 10.5. The maximum absolute atomic E-state index is 11.4. The maximum atomic E-state index is 11.4. The van der Waals surface area contributed by atoms with Gasteiger partial charge in [0.1, 0.15) is 11.8 Å². The molecule has 0 unspecified atom stereocenters. The van der Waals surface area contributed by atoms with Crippen LogP contribution in [0.5, 0.6) is 5.88 Å². The second-order valence-corrected chi connectivity index (χ2v) is 3.54. The largest absolute Gasteiger partial charge is 0.481 e. The van der Waals surface area contributed by atoms with Gasteiger partial charge in [-0.1, -0.05) is 18.5 Å². The molecule has 0 spiro atoms. The summed E-state index contributed by atoms with van der Waals surface area (Å²) in [5.41, 5.74) is 0. The Bertz CT molecular complexity index is 387. The van der Waals surface area contributed by atoms with E-state index < -0.39 is 0 Å². The normalized spacial score (nSPS) is 10.1. The molecular weight excluding hydrogens is 246 g/mol. The highest BCUT2D eigenvalue weighted by atomic mass is 35.5. The van der Waals surface area contributed by atoms with Crippen LogP contribution in [0.15, 0.2) is 6.07 Å². The molecule has 0 aliphatic rings. The Kier molecular flexibility index (Phi) is 5.65. The Hall–Kier alpha value is -1.40. The highest BCUT2D eigenvalue weighted by molar-refractivity contribution is 6.29. The monoisotopic (exact) mass is 259 g/mol. The lowest BCUT2D eigenvalue weighted by Gasteiger charge is -2.06. The van der Waals surface area contributed by atoms with Crippen LogP contribution in [0.25, 0.3) is 0 Å². The second-order valence-electron chi connectivity index (χ2n) is 3.16. The third-order valence-corrected chi connectivity index (χ3v) is 1.91. The van der Waals surface area contributed by atoms with Crippen molar-refractivity contribution in [1.82, 2.24) is 9.97 Å². The maximum Gasteiger partial charge on any atom is 0.252 e. The van der Waals surface area contributed by atoms with Crippen LogP contribution in [0.4, 0.5) is 5.95 Å². The van der Waals surface area contributed by atoms with Crippen molar-refractivity contribution in [2.24, 2.45) is 0 Å². The molecule has 0 fully saturated rings. The predicted octanol–water partition coefficient (Wildman–Crippen LogP) is 1.50. The van der Waals surface area contributed by atoms with Crippen LogP contribution >= 0.6 is 11.6 Å². The average Bonchev–Trinajstić information content (AvgIpc) is 2.28. The van der Waals surface area contributed by atoms with Gasteiger partial charge in [0.05, 0.1) is 7.11 Å². The first kappa shape index (κ1) is 13.7. The first-order valence-electron chi connectivity index (χ1n) is 5.12. The van der Waals surface area contributed by atoms with Crippen LogP contribution in [0.3, 0.4) is 0 Å². The minimum atomic E-state index is -0.331. The molecular formula is C10H14ClN3O3. The first-order chi connectivity index (χ1) is 8.15. The van der Waals surface area contributed by atoms with E-state index in [1.165, 1.54) is 13.2 Å². The molecule has 0 aliphatic heterocycles. The molecule has 1 amide bonds. The fraction of sp³-hybridized carbons (Fsp3) is 0.500. The molecule has 0 aliphatic carbocycles. The van der Waals surface area contributed by atoms with E-state index in [0.717, 1.165) is 6.42 Å². The molecule has 1 heterocycles. The summed E-state index contributed by atoms with van der Waals surface area (Å²) in [7, 11) is 1.45. The minimum Gasteiger partial charge on any atom is -0.481 e. The highest BCUT2D eigenvalue weighted by Crippen LogP contribution is 2.15. The summed E-state index contributed by atoms with van der Waals surface area (Å²) in [6.07, 6.45) is 0.856. The van der Waals surface area contributed by atoms with Crippen molar-refractivity contribution in [3.05, 3.63) is 11.2 Å². The quantitative estimate of drug-likeness (QED) is 0.619. The molecule has 1 rings (SSSR count). The van der Waals surface area contributed by atoms with Gasteiger partial charge in [0, 0.05) is 12.7 Å². The van der Waals surface area contributed by atoms with Crippen molar-refractivity contribution < 1.29 is 14.3 Å². The van der Waals surface area contributed by atoms with Crippen molar-refractivity contribution in [3.63, 3.8) is 0 Å². The molecule has 1 aromatic heterocycles. The molecule has 0 radical (unpaired) electrons. The van der Waals surface area contributed by atoms with Crippen molar-refractivity contribution in [2.75, 3.05) is 25.6 Å². The van der Waals surface area contributed by atoms with E-state index in [1.54, 1.807) is 0 Å². The van der Waals surface area contributed by atoms with Gasteiger partial charge in [-0.05, 0) is 6.42 Å². The SMILES string of the molecule is CCCOCC(=O)Nc1nc(Cl)cc(OC)n1. The molecule has 0 atom stereocenters. The van der Waals surface area contributed by atoms with Gasteiger partial charge in [-0.2, -0.15) is 4.98 Å². The molecule has 17 heavy (non-hydrogen) atoms. The number of nitrogens with one attached hydrogen (secondary N) is 1. The number of halogens is 1. The highest BCUT2D eigenvalue weighted by Gasteiger charge is 2.07. The van der Waals surface area contributed by atoms with E-state index in [2.05, 4.69) is 15.3 Å². The lowest BCUT2D eigenvalue weighted by atomic mass is 10.5. The van der Waals surface area contributed by atoms with E-state index in [4.69, 9.17) is 21.1 Å². The topological polar surface area (TPSA) is 73.3 Å². The summed E-state index contributed by atoms with van der Waals surface area (Å²) < 4.78 is 9.97. The molecule has 7 heteroatoms. The number of carbonyl (C=O) groups excluding carboxylic acids is 1. The van der Waals surface area contributed by atoms with E-state index in [1.807, 2.05) is 6.92 Å². The third-order valence-electron chi connectivity index (χ3n) is 1.71. The van der Waals surface area contributed by atoms with Crippen LogP contribution in [0.1, 0.15) is 13.3 Å². The number of nitrogens with zero attached hydrogens (tertiary/aromatic N) is 2. The third kappa shape index (κ3) is 4.97. The summed E-state index contributed by atoms with van der Waals surface area (Å²) in [5, 5.41) is 2.66. The summed E-state index contributed by atoms with van der Waals surface area (Å²) in [6, 6.07) is 1.45. The van der Waals surface area contributed by atoms with Crippen LogP contribution < -0.4 is 10.1 Å². The summed E-state index contributed by atoms with van der Waals surface area (Å²) in [4.78, 5) is 19.2.